The maximum atomic E-state index is 11.3. The lowest BCUT2D eigenvalue weighted by molar-refractivity contribution is 1.07. The molecular weight excluding hydrogens is 178 g/mol. The molecule has 0 bridgehead atoms. The number of aromatic nitrogens is 3. The first-order valence-corrected chi connectivity index (χ1v) is 4.25. The first-order valence-electron chi connectivity index (χ1n) is 4.25. The maximum absolute atomic E-state index is 11.3. The quantitative estimate of drug-likeness (QED) is 0.728. The van der Waals surface area contributed by atoms with Crippen LogP contribution in [-0.2, 0) is 0 Å². The second-order valence-corrected chi connectivity index (χ2v) is 2.96. The number of nitrogens with one attached hydrogen (secondary N) is 1. The Hall–Kier alpha value is -1.97. The lowest BCUT2D eigenvalue weighted by Crippen LogP contribution is -2.11. The lowest BCUT2D eigenvalue weighted by Gasteiger charge is -1.98. The Labute approximate surface area is 80.7 Å². The topological polar surface area (TPSA) is 58.6 Å². The van der Waals surface area contributed by atoms with Crippen molar-refractivity contribution in [2.24, 2.45) is 0 Å². The second-order valence-electron chi connectivity index (χ2n) is 2.96. The van der Waals surface area contributed by atoms with Crippen LogP contribution in [0, 0.1) is 6.92 Å². The fourth-order valence-electron chi connectivity index (χ4n) is 1.09. The van der Waals surface area contributed by atoms with Crippen LogP contribution in [0.1, 0.15) is 5.56 Å². The van der Waals surface area contributed by atoms with Gasteiger partial charge in [-0.05, 0) is 19.1 Å². The van der Waals surface area contributed by atoms with Crippen molar-refractivity contribution in [2.45, 2.75) is 6.92 Å². The molecule has 2 aromatic rings. The van der Waals surface area contributed by atoms with Crippen LogP contribution in [0.4, 0.5) is 0 Å². The highest BCUT2D eigenvalue weighted by molar-refractivity contribution is 5.47. The number of rotatable bonds is 1. The Kier molecular flexibility index (Phi) is 2.10. The number of nitrogens with zero attached hydrogens (tertiary/aromatic N) is 2. The smallest absolute Gasteiger partial charge is 0.254 e. The summed E-state index contributed by atoms with van der Waals surface area (Å²) in [5.41, 5.74) is 1.15. The largest absolute Gasteiger partial charge is 0.305 e. The molecule has 2 heterocycles. The van der Waals surface area contributed by atoms with Gasteiger partial charge in [0.2, 0.25) is 0 Å². The van der Waals surface area contributed by atoms with E-state index < -0.39 is 0 Å². The van der Waals surface area contributed by atoms with Crippen molar-refractivity contribution in [1.29, 1.82) is 0 Å². The van der Waals surface area contributed by atoms with Gasteiger partial charge in [-0.15, -0.1) is 0 Å². The van der Waals surface area contributed by atoms with E-state index in [9.17, 15) is 4.79 Å². The third kappa shape index (κ3) is 1.54. The number of H-pyrrole nitrogens is 1. The SMILES string of the molecule is Cc1cnc(-c2ccccn2)[nH]c1=O. The molecule has 0 unspecified atom stereocenters. The number of aromatic amines is 1. The molecule has 14 heavy (non-hydrogen) atoms. The van der Waals surface area contributed by atoms with E-state index in [4.69, 9.17) is 0 Å². The molecule has 70 valence electrons. The standard InChI is InChI=1S/C10H9N3O/c1-7-6-12-9(13-10(7)14)8-4-2-3-5-11-8/h2-6H,1H3,(H,12,13,14). The predicted octanol–water partition coefficient (Wildman–Crippen LogP) is 1.14. The molecule has 0 radical (unpaired) electrons. The van der Waals surface area contributed by atoms with Gasteiger partial charge in [0.05, 0.1) is 0 Å². The van der Waals surface area contributed by atoms with Crippen LogP contribution >= 0.6 is 0 Å². The van der Waals surface area contributed by atoms with Crippen molar-refractivity contribution < 1.29 is 0 Å². The molecule has 0 amide bonds. The summed E-state index contributed by atoms with van der Waals surface area (Å²) >= 11 is 0. The van der Waals surface area contributed by atoms with Crippen LogP contribution < -0.4 is 5.56 Å². The first kappa shape index (κ1) is 8.62. The molecule has 0 atom stereocenters. The zero-order chi connectivity index (χ0) is 9.97. The average molecular weight is 187 g/mol. The highest BCUT2D eigenvalue weighted by Crippen LogP contribution is 2.07. The summed E-state index contributed by atoms with van der Waals surface area (Å²) in [5.74, 6) is 0.501. The van der Waals surface area contributed by atoms with Crippen LogP contribution in [0.25, 0.3) is 11.5 Å². The number of hydrogen-bond acceptors (Lipinski definition) is 3. The van der Waals surface area contributed by atoms with Gasteiger partial charge in [0.15, 0.2) is 5.82 Å². The van der Waals surface area contributed by atoms with Crippen LogP contribution in [0.15, 0.2) is 35.4 Å². The first-order chi connectivity index (χ1) is 6.77. The molecule has 0 saturated carbocycles. The highest BCUT2D eigenvalue weighted by Gasteiger charge is 2.01. The zero-order valence-electron chi connectivity index (χ0n) is 7.69. The molecule has 0 aliphatic rings. The molecule has 1 N–H and O–H groups in total. The fourth-order valence-corrected chi connectivity index (χ4v) is 1.09. The Bertz CT molecular complexity index is 490. The maximum Gasteiger partial charge on any atom is 0.254 e. The molecule has 0 saturated heterocycles. The van der Waals surface area contributed by atoms with E-state index in [0.29, 0.717) is 17.1 Å². The Morgan fingerprint density at radius 2 is 2.14 bits per heavy atom. The van der Waals surface area contributed by atoms with E-state index in [1.807, 2.05) is 12.1 Å². The molecule has 0 fully saturated rings. The molecule has 4 nitrogen and oxygen atoms in total. The van der Waals surface area contributed by atoms with Gasteiger partial charge >= 0.3 is 0 Å². The van der Waals surface area contributed by atoms with E-state index in [2.05, 4.69) is 15.0 Å². The van der Waals surface area contributed by atoms with Gasteiger partial charge in [-0.3, -0.25) is 9.78 Å². The monoisotopic (exact) mass is 187 g/mol. The minimum absolute atomic E-state index is 0.124. The van der Waals surface area contributed by atoms with E-state index in [0.717, 1.165) is 0 Å². The molecule has 2 rings (SSSR count). The van der Waals surface area contributed by atoms with Crippen LogP contribution in [0.5, 0.6) is 0 Å². The van der Waals surface area contributed by atoms with Gasteiger partial charge in [0, 0.05) is 18.0 Å². The lowest BCUT2D eigenvalue weighted by atomic mass is 10.3. The molecule has 4 heteroatoms. The normalized spacial score (nSPS) is 10.1. The van der Waals surface area contributed by atoms with E-state index >= 15 is 0 Å². The zero-order valence-corrected chi connectivity index (χ0v) is 7.69. The molecule has 0 aromatic carbocycles. The van der Waals surface area contributed by atoms with Crippen LogP contribution in [-0.4, -0.2) is 15.0 Å². The molecule has 0 aliphatic carbocycles. The predicted molar refractivity (Wildman–Crippen MR) is 52.8 cm³/mol. The molecule has 0 spiro atoms. The van der Waals surface area contributed by atoms with Crippen molar-refractivity contribution in [3.63, 3.8) is 0 Å². The van der Waals surface area contributed by atoms with Gasteiger partial charge in [0.25, 0.3) is 5.56 Å². The highest BCUT2D eigenvalue weighted by atomic mass is 16.1. The van der Waals surface area contributed by atoms with Crippen molar-refractivity contribution >= 4 is 0 Å². The summed E-state index contributed by atoms with van der Waals surface area (Å²) in [7, 11) is 0. The summed E-state index contributed by atoms with van der Waals surface area (Å²) < 4.78 is 0. The Balaban J connectivity index is 2.54. The third-order valence-electron chi connectivity index (χ3n) is 1.88. The summed E-state index contributed by atoms with van der Waals surface area (Å²) in [6, 6.07) is 5.46. The molecule has 2 aromatic heterocycles. The number of hydrogen-bond donors (Lipinski definition) is 1. The van der Waals surface area contributed by atoms with Gasteiger partial charge in [-0.2, -0.15) is 0 Å². The van der Waals surface area contributed by atoms with E-state index in [-0.39, 0.29) is 5.56 Å². The number of aryl methyl sites for hydroxylation is 1. The van der Waals surface area contributed by atoms with E-state index in [1.54, 1.807) is 25.4 Å². The summed E-state index contributed by atoms with van der Waals surface area (Å²) in [4.78, 5) is 22.1. The van der Waals surface area contributed by atoms with Gasteiger partial charge in [0.1, 0.15) is 5.69 Å². The van der Waals surface area contributed by atoms with Gasteiger partial charge < -0.3 is 4.98 Å². The average Bonchev–Trinajstić information content (AvgIpc) is 2.23. The Morgan fingerprint density at radius 1 is 1.29 bits per heavy atom. The minimum atomic E-state index is -0.124. The van der Waals surface area contributed by atoms with Gasteiger partial charge in [-0.25, -0.2) is 4.98 Å². The third-order valence-corrected chi connectivity index (χ3v) is 1.88. The molecule has 0 aliphatic heterocycles. The minimum Gasteiger partial charge on any atom is -0.305 e. The second kappa shape index (κ2) is 3.41. The van der Waals surface area contributed by atoms with Crippen molar-refractivity contribution in [3.05, 3.63) is 46.5 Å². The fraction of sp³-hybridized carbons (Fsp3) is 0.100. The summed E-state index contributed by atoms with van der Waals surface area (Å²) in [6.45, 7) is 1.72. The molecular formula is C10H9N3O. The van der Waals surface area contributed by atoms with Gasteiger partial charge in [-0.1, -0.05) is 6.07 Å². The Morgan fingerprint density at radius 3 is 2.79 bits per heavy atom. The van der Waals surface area contributed by atoms with Crippen molar-refractivity contribution in [2.75, 3.05) is 0 Å². The van der Waals surface area contributed by atoms with Crippen molar-refractivity contribution in [1.82, 2.24) is 15.0 Å². The van der Waals surface area contributed by atoms with E-state index in [1.165, 1.54) is 0 Å². The van der Waals surface area contributed by atoms with Crippen LogP contribution in [0.3, 0.4) is 0 Å². The summed E-state index contributed by atoms with van der Waals surface area (Å²) in [5, 5.41) is 0. The van der Waals surface area contributed by atoms with Crippen molar-refractivity contribution in [3.8, 4) is 11.5 Å². The number of pyridine rings is 1. The summed E-state index contributed by atoms with van der Waals surface area (Å²) in [6.07, 6.45) is 3.21. The van der Waals surface area contributed by atoms with Crippen LogP contribution in [0.2, 0.25) is 0 Å².